The summed E-state index contributed by atoms with van der Waals surface area (Å²) in [5, 5.41) is 14.5. The van der Waals surface area contributed by atoms with E-state index >= 15 is 0 Å². The highest BCUT2D eigenvalue weighted by Gasteiger charge is 2.12. The van der Waals surface area contributed by atoms with Gasteiger partial charge in [-0.3, -0.25) is 9.59 Å². The van der Waals surface area contributed by atoms with Crippen LogP contribution in [0.4, 0.5) is 10.1 Å². The molecule has 2 rings (SSSR count). The van der Waals surface area contributed by atoms with Gasteiger partial charge in [0.1, 0.15) is 11.6 Å². The Hall–Kier alpha value is -2.89. The Balaban J connectivity index is 1.93. The maximum Gasteiger partial charge on any atom is 0.254 e. The smallest absolute Gasteiger partial charge is 0.254 e. The SMILES string of the molecule is Cc1ccc(NC(=O)CNC(=O)c2ccccc2F)c(O)c1. The molecule has 0 atom stereocenters. The first-order valence-corrected chi connectivity index (χ1v) is 6.59. The van der Waals surface area contributed by atoms with E-state index in [1.165, 1.54) is 30.3 Å². The van der Waals surface area contributed by atoms with Crippen LogP contribution in [0.3, 0.4) is 0 Å². The largest absolute Gasteiger partial charge is 0.506 e. The van der Waals surface area contributed by atoms with Gasteiger partial charge in [0.25, 0.3) is 5.91 Å². The highest BCUT2D eigenvalue weighted by Crippen LogP contribution is 2.23. The maximum absolute atomic E-state index is 13.4. The molecule has 2 aromatic carbocycles. The van der Waals surface area contributed by atoms with Gasteiger partial charge in [-0.05, 0) is 36.8 Å². The van der Waals surface area contributed by atoms with Gasteiger partial charge >= 0.3 is 0 Å². The average molecular weight is 302 g/mol. The number of anilines is 1. The number of aryl methyl sites for hydroxylation is 1. The van der Waals surface area contributed by atoms with E-state index in [2.05, 4.69) is 10.6 Å². The second kappa shape index (κ2) is 6.71. The number of hydrogen-bond donors (Lipinski definition) is 3. The van der Waals surface area contributed by atoms with Crippen LogP contribution in [0.2, 0.25) is 0 Å². The molecule has 0 aromatic heterocycles. The quantitative estimate of drug-likeness (QED) is 0.758. The molecule has 5 nitrogen and oxygen atoms in total. The number of aromatic hydroxyl groups is 1. The average Bonchev–Trinajstić information content (AvgIpc) is 2.48. The summed E-state index contributed by atoms with van der Waals surface area (Å²) >= 11 is 0. The van der Waals surface area contributed by atoms with Crippen LogP contribution in [-0.2, 0) is 4.79 Å². The molecule has 2 aromatic rings. The monoisotopic (exact) mass is 302 g/mol. The molecule has 0 bridgehead atoms. The number of carbonyl (C=O) groups is 2. The first kappa shape index (κ1) is 15.5. The molecule has 0 saturated carbocycles. The fourth-order valence-electron chi connectivity index (χ4n) is 1.84. The van der Waals surface area contributed by atoms with Crippen LogP contribution in [-0.4, -0.2) is 23.5 Å². The number of nitrogens with one attached hydrogen (secondary N) is 2. The summed E-state index contributed by atoms with van der Waals surface area (Å²) in [6, 6.07) is 10.3. The molecule has 22 heavy (non-hydrogen) atoms. The lowest BCUT2D eigenvalue weighted by molar-refractivity contribution is -0.115. The zero-order valence-corrected chi connectivity index (χ0v) is 11.9. The van der Waals surface area contributed by atoms with Gasteiger partial charge in [-0.25, -0.2) is 4.39 Å². The molecule has 6 heteroatoms. The van der Waals surface area contributed by atoms with Crippen LogP contribution in [0, 0.1) is 12.7 Å². The van der Waals surface area contributed by atoms with Crippen LogP contribution >= 0.6 is 0 Å². The molecule has 3 N–H and O–H groups in total. The Morgan fingerprint density at radius 1 is 1.18 bits per heavy atom. The molecule has 0 spiro atoms. The number of hydrogen-bond acceptors (Lipinski definition) is 3. The molecule has 2 amide bonds. The van der Waals surface area contributed by atoms with Gasteiger partial charge in [0.05, 0.1) is 17.8 Å². The van der Waals surface area contributed by atoms with Gasteiger partial charge in [-0.2, -0.15) is 0 Å². The molecule has 0 aliphatic rings. The number of rotatable bonds is 4. The number of carbonyl (C=O) groups excluding carboxylic acids is 2. The van der Waals surface area contributed by atoms with Crippen molar-refractivity contribution in [3.05, 3.63) is 59.4 Å². The molecule has 0 radical (unpaired) electrons. The fourth-order valence-corrected chi connectivity index (χ4v) is 1.84. The van der Waals surface area contributed by atoms with Crippen molar-refractivity contribution in [1.29, 1.82) is 0 Å². The van der Waals surface area contributed by atoms with Crippen LogP contribution in [0.15, 0.2) is 42.5 Å². The van der Waals surface area contributed by atoms with Crippen molar-refractivity contribution in [3.63, 3.8) is 0 Å². The Kier molecular flexibility index (Phi) is 4.73. The fraction of sp³-hybridized carbons (Fsp3) is 0.125. The summed E-state index contributed by atoms with van der Waals surface area (Å²) in [7, 11) is 0. The molecule has 0 fully saturated rings. The van der Waals surface area contributed by atoms with E-state index in [-0.39, 0.29) is 23.5 Å². The Bertz CT molecular complexity index is 716. The normalized spacial score (nSPS) is 10.1. The summed E-state index contributed by atoms with van der Waals surface area (Å²) in [6.07, 6.45) is 0. The lowest BCUT2D eigenvalue weighted by Gasteiger charge is -2.09. The highest BCUT2D eigenvalue weighted by atomic mass is 19.1. The molecule has 0 unspecified atom stereocenters. The second-order valence-electron chi connectivity index (χ2n) is 4.73. The zero-order valence-electron chi connectivity index (χ0n) is 11.9. The lowest BCUT2D eigenvalue weighted by atomic mass is 10.2. The van der Waals surface area contributed by atoms with Crippen molar-refractivity contribution in [2.75, 3.05) is 11.9 Å². The van der Waals surface area contributed by atoms with Crippen molar-refractivity contribution in [1.82, 2.24) is 5.32 Å². The Morgan fingerprint density at radius 3 is 2.59 bits per heavy atom. The molecule has 0 aliphatic carbocycles. The van der Waals surface area contributed by atoms with E-state index < -0.39 is 17.6 Å². The van der Waals surface area contributed by atoms with Crippen LogP contribution < -0.4 is 10.6 Å². The molecule has 0 heterocycles. The first-order chi connectivity index (χ1) is 10.5. The predicted molar refractivity (Wildman–Crippen MR) is 80.2 cm³/mol. The molecule has 0 saturated heterocycles. The summed E-state index contributed by atoms with van der Waals surface area (Å²) in [5.74, 6) is -1.92. The minimum atomic E-state index is -0.679. The maximum atomic E-state index is 13.4. The number of phenolic OH excluding ortho intramolecular Hbond substituents is 1. The number of amides is 2. The van der Waals surface area contributed by atoms with Gasteiger partial charge in [0, 0.05) is 0 Å². The Labute approximate surface area is 126 Å². The van der Waals surface area contributed by atoms with Gasteiger partial charge in [-0.1, -0.05) is 18.2 Å². The van der Waals surface area contributed by atoms with E-state index in [1.54, 1.807) is 19.1 Å². The predicted octanol–water partition coefficient (Wildman–Crippen LogP) is 2.21. The van der Waals surface area contributed by atoms with Crippen molar-refractivity contribution < 1.29 is 19.1 Å². The lowest BCUT2D eigenvalue weighted by Crippen LogP contribution is -2.33. The van der Waals surface area contributed by atoms with Crippen molar-refractivity contribution >= 4 is 17.5 Å². The highest BCUT2D eigenvalue weighted by molar-refractivity contribution is 5.99. The van der Waals surface area contributed by atoms with Crippen LogP contribution in [0.5, 0.6) is 5.75 Å². The zero-order chi connectivity index (χ0) is 16.1. The second-order valence-corrected chi connectivity index (χ2v) is 4.73. The van der Waals surface area contributed by atoms with E-state index in [4.69, 9.17) is 0 Å². The first-order valence-electron chi connectivity index (χ1n) is 6.59. The van der Waals surface area contributed by atoms with Gasteiger partial charge in [-0.15, -0.1) is 0 Å². The van der Waals surface area contributed by atoms with Crippen LogP contribution in [0.1, 0.15) is 15.9 Å². The minimum absolute atomic E-state index is 0.0613. The Morgan fingerprint density at radius 2 is 1.91 bits per heavy atom. The molecular formula is C16H15FN2O3. The molecule has 114 valence electrons. The number of halogens is 1. The standard InChI is InChI=1S/C16H15FN2O3/c1-10-6-7-13(14(20)8-10)19-15(21)9-18-16(22)11-4-2-3-5-12(11)17/h2-8,20H,9H2,1H3,(H,18,22)(H,19,21). The van der Waals surface area contributed by atoms with Crippen molar-refractivity contribution in [2.45, 2.75) is 6.92 Å². The summed E-state index contributed by atoms with van der Waals surface area (Å²) in [6.45, 7) is 1.47. The molecule has 0 aliphatic heterocycles. The third-order valence-electron chi connectivity index (χ3n) is 2.96. The summed E-state index contributed by atoms with van der Waals surface area (Å²) in [4.78, 5) is 23.5. The third kappa shape index (κ3) is 3.82. The van der Waals surface area contributed by atoms with E-state index in [1.807, 2.05) is 0 Å². The van der Waals surface area contributed by atoms with E-state index in [9.17, 15) is 19.1 Å². The van der Waals surface area contributed by atoms with Gasteiger partial charge in [0.2, 0.25) is 5.91 Å². The minimum Gasteiger partial charge on any atom is -0.506 e. The van der Waals surface area contributed by atoms with Crippen molar-refractivity contribution in [3.8, 4) is 5.75 Å². The topological polar surface area (TPSA) is 78.4 Å². The molecular weight excluding hydrogens is 287 g/mol. The van der Waals surface area contributed by atoms with E-state index in [0.29, 0.717) is 0 Å². The summed E-state index contributed by atoms with van der Waals surface area (Å²) < 4.78 is 13.4. The van der Waals surface area contributed by atoms with Crippen LogP contribution in [0.25, 0.3) is 0 Å². The van der Waals surface area contributed by atoms with Gasteiger partial charge < -0.3 is 15.7 Å². The van der Waals surface area contributed by atoms with Crippen molar-refractivity contribution in [2.24, 2.45) is 0 Å². The third-order valence-corrected chi connectivity index (χ3v) is 2.96. The summed E-state index contributed by atoms with van der Waals surface area (Å²) in [5.41, 5.74) is 0.965. The number of benzene rings is 2. The number of phenols is 1. The van der Waals surface area contributed by atoms with E-state index in [0.717, 1.165) is 5.56 Å². The van der Waals surface area contributed by atoms with Gasteiger partial charge in [0.15, 0.2) is 0 Å².